The van der Waals surface area contributed by atoms with Gasteiger partial charge in [-0.1, -0.05) is 59.6 Å². The number of esters is 1. The number of ether oxygens (including phenoxy) is 1. The van der Waals surface area contributed by atoms with Crippen LogP contribution in [0.5, 0.6) is 0 Å². The molecule has 3 N–H and O–H groups in total. The first-order chi connectivity index (χ1) is 28.1. The number of aliphatic hydroxyl groups excluding tert-OH is 1. The van der Waals surface area contributed by atoms with E-state index in [1.54, 1.807) is 52.0 Å². The van der Waals surface area contributed by atoms with Gasteiger partial charge >= 0.3 is 5.97 Å². The number of aromatic nitrogens is 4. The lowest BCUT2D eigenvalue weighted by Gasteiger charge is -2.24. The fourth-order valence-electron chi connectivity index (χ4n) is 5.40. The zero-order chi connectivity index (χ0) is 43.2. The molecule has 0 saturated carbocycles. The topological polar surface area (TPSA) is 213 Å². The van der Waals surface area contributed by atoms with Gasteiger partial charge < -0.3 is 29.3 Å². The second-order valence-corrected chi connectivity index (χ2v) is 14.1. The van der Waals surface area contributed by atoms with Gasteiger partial charge in [-0.05, 0) is 99.0 Å². The van der Waals surface area contributed by atoms with Gasteiger partial charge in [-0.15, -0.1) is 20.4 Å². The number of anilines is 2. The van der Waals surface area contributed by atoms with Crippen molar-refractivity contribution in [1.29, 1.82) is 10.5 Å². The molecule has 0 bridgehead atoms. The summed E-state index contributed by atoms with van der Waals surface area (Å²) in [6.45, 7) is 9.58. The van der Waals surface area contributed by atoms with Gasteiger partial charge in [-0.3, -0.25) is 9.59 Å². The van der Waals surface area contributed by atoms with E-state index in [0.29, 0.717) is 55.5 Å². The molecule has 2 aromatic heterocycles. The first-order valence-electron chi connectivity index (χ1n) is 17.9. The van der Waals surface area contributed by atoms with Crippen LogP contribution in [0.3, 0.4) is 0 Å². The Morgan fingerprint density at radius 2 is 1.08 bits per heavy atom. The minimum Gasteiger partial charge on any atom is -0.460 e. The average Bonchev–Trinajstić information content (AvgIpc) is 3.91. The van der Waals surface area contributed by atoms with Crippen molar-refractivity contribution in [3.8, 4) is 35.0 Å². The molecule has 0 unspecified atom stereocenters. The van der Waals surface area contributed by atoms with Crippen LogP contribution in [0.15, 0.2) is 93.8 Å². The Labute approximate surface area is 355 Å². The van der Waals surface area contributed by atoms with Crippen LogP contribution in [-0.4, -0.2) is 48.9 Å². The van der Waals surface area contributed by atoms with E-state index in [4.69, 9.17) is 47.3 Å². The van der Waals surface area contributed by atoms with Crippen molar-refractivity contribution >= 4 is 57.4 Å². The Bertz CT molecular complexity index is 2440. The van der Waals surface area contributed by atoms with Crippen LogP contribution in [0.2, 0.25) is 10.0 Å². The summed E-state index contributed by atoms with van der Waals surface area (Å²) in [4.78, 5) is 20.7. The first-order valence-corrected chi connectivity index (χ1v) is 19.0. The van der Waals surface area contributed by atoms with E-state index >= 15 is 0 Å². The molecular weight excluding hydrogens is 819 g/mol. The zero-order valence-corrected chi connectivity index (χ0v) is 35.0. The summed E-state index contributed by atoms with van der Waals surface area (Å²) in [6.07, 6.45) is -1.40. The molecular formula is C42H39Cl3N8O6. The molecule has 4 atom stereocenters. The molecule has 304 valence electrons. The van der Waals surface area contributed by atoms with E-state index in [2.05, 4.69) is 42.6 Å². The Balaban J connectivity index is 0.000000240. The summed E-state index contributed by atoms with van der Waals surface area (Å²) in [5, 5.41) is 51.6. The smallest absolute Gasteiger partial charge is 0.302 e. The van der Waals surface area contributed by atoms with Crippen LogP contribution in [-0.2, 0) is 14.3 Å². The van der Waals surface area contributed by atoms with Crippen LogP contribution >= 0.6 is 34.8 Å². The lowest BCUT2D eigenvalue weighted by molar-refractivity contribution is -0.146. The van der Waals surface area contributed by atoms with Crippen molar-refractivity contribution in [3.63, 3.8) is 0 Å². The molecule has 0 spiro atoms. The summed E-state index contributed by atoms with van der Waals surface area (Å²) < 4.78 is 17.0. The van der Waals surface area contributed by atoms with E-state index in [1.165, 1.54) is 13.8 Å². The maximum Gasteiger partial charge on any atom is 0.302 e. The summed E-state index contributed by atoms with van der Waals surface area (Å²) in [5.74, 6) is 0.831. The van der Waals surface area contributed by atoms with Crippen molar-refractivity contribution in [2.75, 3.05) is 10.6 Å². The fraction of sp³-hybridized carbons (Fsp3) is 0.238. The number of carbonyl (C=O) groups is 2. The number of nitrogens with zero attached hydrogens (tertiary/aromatic N) is 6. The fourth-order valence-corrected chi connectivity index (χ4v) is 5.82. The molecule has 6 aromatic rings. The third kappa shape index (κ3) is 12.4. The largest absolute Gasteiger partial charge is 0.460 e. The number of benzene rings is 4. The molecule has 2 heterocycles. The third-order valence-electron chi connectivity index (χ3n) is 8.39. The third-order valence-corrected chi connectivity index (χ3v) is 9.37. The molecule has 0 aliphatic carbocycles. The number of nitriles is 2. The summed E-state index contributed by atoms with van der Waals surface area (Å²) in [7, 11) is 0. The van der Waals surface area contributed by atoms with Crippen LogP contribution in [0, 0.1) is 36.5 Å². The first kappa shape index (κ1) is 45.4. The molecule has 17 heteroatoms. The van der Waals surface area contributed by atoms with Crippen molar-refractivity contribution in [1.82, 2.24) is 20.4 Å². The number of halogens is 3. The second-order valence-electron chi connectivity index (χ2n) is 12.8. The van der Waals surface area contributed by atoms with E-state index in [1.807, 2.05) is 72.8 Å². The van der Waals surface area contributed by atoms with Crippen LogP contribution in [0.25, 0.3) is 22.9 Å². The Morgan fingerprint density at radius 3 is 1.46 bits per heavy atom. The predicted octanol–water partition coefficient (Wildman–Crippen LogP) is 9.55. The number of carbonyl (C=O) groups excluding carboxylic acids is 2. The maximum absolute atomic E-state index is 11.5. The van der Waals surface area contributed by atoms with Gasteiger partial charge in [-0.25, -0.2) is 0 Å². The van der Waals surface area contributed by atoms with Gasteiger partial charge in [0.05, 0.1) is 27.3 Å². The highest BCUT2D eigenvalue weighted by Crippen LogP contribution is 2.33. The van der Waals surface area contributed by atoms with Crippen LogP contribution < -0.4 is 10.6 Å². The van der Waals surface area contributed by atoms with E-state index in [0.717, 1.165) is 11.1 Å². The molecule has 4 aromatic carbocycles. The van der Waals surface area contributed by atoms with E-state index in [9.17, 15) is 14.7 Å². The van der Waals surface area contributed by atoms with Gasteiger partial charge in [0.25, 0.3) is 0 Å². The highest BCUT2D eigenvalue weighted by Gasteiger charge is 2.29. The van der Waals surface area contributed by atoms with Crippen molar-refractivity contribution in [2.45, 2.75) is 65.8 Å². The number of nitrogens with one attached hydrogen (secondary N) is 2. The average molecular weight is 858 g/mol. The van der Waals surface area contributed by atoms with E-state index in [-0.39, 0.29) is 17.0 Å². The Kier molecular flexibility index (Phi) is 16.5. The molecule has 6 rings (SSSR count). The minimum atomic E-state index is -0.798. The van der Waals surface area contributed by atoms with Crippen LogP contribution in [0.4, 0.5) is 11.4 Å². The Morgan fingerprint density at radius 1 is 0.695 bits per heavy atom. The number of rotatable bonds is 11. The molecule has 0 aliphatic rings. The van der Waals surface area contributed by atoms with Gasteiger partial charge in [0.2, 0.25) is 28.8 Å². The monoisotopic (exact) mass is 856 g/mol. The second kappa shape index (κ2) is 21.5. The van der Waals surface area contributed by atoms with Crippen molar-refractivity contribution in [2.24, 2.45) is 0 Å². The predicted molar refractivity (Wildman–Crippen MR) is 223 cm³/mol. The molecule has 0 radical (unpaired) electrons. The van der Waals surface area contributed by atoms with Gasteiger partial charge in [0.1, 0.15) is 30.3 Å². The van der Waals surface area contributed by atoms with Crippen molar-refractivity contribution < 1.29 is 28.3 Å². The summed E-state index contributed by atoms with van der Waals surface area (Å²) in [5.41, 5.74) is 5.09. The lowest BCUT2D eigenvalue weighted by Crippen LogP contribution is -2.28. The quantitative estimate of drug-likeness (QED) is 0.0818. The normalized spacial score (nSPS) is 12.4. The van der Waals surface area contributed by atoms with E-state index < -0.39 is 30.3 Å². The lowest BCUT2D eigenvalue weighted by atomic mass is 10.1. The molecule has 0 fully saturated rings. The summed E-state index contributed by atoms with van der Waals surface area (Å²) >= 11 is 17.1. The standard InChI is InChI=1S/C21H19ClN4O3.C19H17ClN4O2.C2H3ClO/c1-12-17(10-9-16(11-23)18(12)22)24-19(13(2)28-14(3)27)21-26-25-20(29-21)15-7-5-4-6-8-15;1-11-15(9-8-14(10-21)16(11)20)22-17(12(2)25)19-24-23-18(26-19)13-6-4-3-5-7-13;1-2(3)4/h4-10,13,19,24H,1-3H3;3-9,12,17,22,25H,1-2H3;1H3/t13-,19+;12-,17+;/m00./s1. The molecule has 59 heavy (non-hydrogen) atoms. The molecule has 0 amide bonds. The molecule has 0 saturated heterocycles. The number of aliphatic hydroxyl groups is 1. The van der Waals surface area contributed by atoms with Crippen molar-refractivity contribution in [3.05, 3.63) is 129 Å². The van der Waals surface area contributed by atoms with Crippen LogP contribution in [0.1, 0.15) is 73.8 Å². The highest BCUT2D eigenvalue weighted by atomic mass is 35.5. The maximum atomic E-state index is 11.5. The van der Waals surface area contributed by atoms with Gasteiger partial charge in [-0.2, -0.15) is 10.5 Å². The zero-order valence-electron chi connectivity index (χ0n) is 32.7. The Hall–Kier alpha value is -6.29. The number of hydrogen-bond acceptors (Lipinski definition) is 14. The van der Waals surface area contributed by atoms with Gasteiger partial charge in [0.15, 0.2) is 0 Å². The molecule has 0 aliphatic heterocycles. The molecule has 14 nitrogen and oxygen atoms in total. The SMILES string of the molecule is CC(=O)Cl.CC(=O)O[C@@H](C)[C@@H](Nc1ccc(C#N)c(Cl)c1C)c1nnc(-c2ccccc2)o1.Cc1c(N[C@@H](c2nnc(-c3ccccc3)o2)[C@H](C)O)ccc(C#N)c1Cl. The number of hydrogen-bond donors (Lipinski definition) is 3. The minimum absolute atomic E-state index is 0.262. The summed E-state index contributed by atoms with van der Waals surface area (Å²) in [6, 6.07) is 28.3. The highest BCUT2D eigenvalue weighted by molar-refractivity contribution is 6.62. The van der Waals surface area contributed by atoms with Gasteiger partial charge in [0, 0.05) is 36.3 Å².